The Morgan fingerprint density at radius 2 is 0.843 bits per heavy atom. The Labute approximate surface area is 295 Å². The van der Waals surface area contributed by atoms with Crippen LogP contribution in [-0.4, -0.2) is 15.8 Å². The maximum Gasteiger partial charge on any atom is 0.260 e. The highest BCUT2D eigenvalue weighted by molar-refractivity contribution is 6.98. The van der Waals surface area contributed by atoms with Crippen LogP contribution in [0.1, 0.15) is 0 Å². The Hall–Kier alpha value is -6.72. The zero-order chi connectivity index (χ0) is 33.5. The lowest BCUT2D eigenvalue weighted by Gasteiger charge is -2.35. The minimum absolute atomic E-state index is 0.0281. The quantitative estimate of drug-likeness (QED) is 0.177. The molecule has 7 aromatic carbocycles. The molecule has 2 aliphatic heterocycles. The monoisotopic (exact) mass is 652 g/mol. The van der Waals surface area contributed by atoms with Gasteiger partial charge >= 0.3 is 0 Å². The summed E-state index contributed by atoms with van der Waals surface area (Å²) in [6.07, 6.45) is 4.28. The molecule has 0 aliphatic carbocycles. The minimum Gasteiger partial charge on any atom is -0.458 e. The molecule has 238 valence electrons. The number of para-hydroxylation sites is 4. The minimum atomic E-state index is -0.0281. The molecule has 4 heterocycles. The number of aromatic nitrogens is 2. The molecule has 0 atom stereocenters. The third kappa shape index (κ3) is 4.28. The average molecular weight is 653 g/mol. The van der Waals surface area contributed by atoms with Gasteiger partial charge in [-0.15, -0.1) is 0 Å². The molecule has 0 radical (unpaired) electrons. The first-order valence-electron chi connectivity index (χ1n) is 17.4. The van der Waals surface area contributed by atoms with Crippen LogP contribution in [0.5, 0.6) is 23.0 Å². The molecular formula is C46H29BN2O2. The summed E-state index contributed by atoms with van der Waals surface area (Å²) in [6, 6.07) is 58.0. The first-order valence-corrected chi connectivity index (χ1v) is 17.4. The highest BCUT2D eigenvalue weighted by Gasteiger charge is 2.42. The van der Waals surface area contributed by atoms with E-state index in [2.05, 4.69) is 185 Å². The van der Waals surface area contributed by atoms with Gasteiger partial charge < -0.3 is 18.6 Å². The van der Waals surface area contributed by atoms with Crippen molar-refractivity contribution in [1.82, 2.24) is 9.13 Å². The highest BCUT2D eigenvalue weighted by atomic mass is 16.5. The van der Waals surface area contributed by atoms with Crippen molar-refractivity contribution < 1.29 is 9.47 Å². The van der Waals surface area contributed by atoms with Crippen molar-refractivity contribution in [2.75, 3.05) is 0 Å². The molecule has 0 bridgehead atoms. The van der Waals surface area contributed by atoms with Crippen molar-refractivity contribution >= 4 is 44.9 Å². The Kier molecular flexibility index (Phi) is 6.01. The Morgan fingerprint density at radius 3 is 1.33 bits per heavy atom. The van der Waals surface area contributed by atoms with Gasteiger partial charge in [0.15, 0.2) is 0 Å². The van der Waals surface area contributed by atoms with Gasteiger partial charge in [0.2, 0.25) is 0 Å². The van der Waals surface area contributed by atoms with Gasteiger partial charge in [0, 0.05) is 40.4 Å². The summed E-state index contributed by atoms with van der Waals surface area (Å²) in [6.45, 7) is -0.0281. The fourth-order valence-corrected chi connectivity index (χ4v) is 8.12. The number of hydrogen-bond acceptors (Lipinski definition) is 2. The van der Waals surface area contributed by atoms with Crippen molar-refractivity contribution in [2.24, 2.45) is 0 Å². The molecule has 2 aliphatic rings. The lowest BCUT2D eigenvalue weighted by atomic mass is 9.34. The van der Waals surface area contributed by atoms with E-state index in [0.717, 1.165) is 73.0 Å². The molecule has 0 amide bonds. The van der Waals surface area contributed by atoms with Crippen molar-refractivity contribution in [3.8, 4) is 56.6 Å². The maximum atomic E-state index is 6.90. The van der Waals surface area contributed by atoms with Gasteiger partial charge in [-0.2, -0.15) is 0 Å². The van der Waals surface area contributed by atoms with Gasteiger partial charge in [0.25, 0.3) is 6.71 Å². The van der Waals surface area contributed by atoms with Crippen molar-refractivity contribution in [3.63, 3.8) is 0 Å². The van der Waals surface area contributed by atoms with Crippen LogP contribution in [0.4, 0.5) is 0 Å². The number of fused-ring (bicyclic) bond motifs is 6. The topological polar surface area (TPSA) is 28.3 Å². The summed E-state index contributed by atoms with van der Waals surface area (Å²) in [5.41, 5.74) is 12.2. The van der Waals surface area contributed by atoms with E-state index >= 15 is 0 Å². The fourth-order valence-electron chi connectivity index (χ4n) is 8.12. The third-order valence-corrected chi connectivity index (χ3v) is 10.6. The van der Waals surface area contributed by atoms with Crippen LogP contribution < -0.4 is 25.9 Å². The van der Waals surface area contributed by atoms with E-state index in [4.69, 9.17) is 9.47 Å². The van der Waals surface area contributed by atoms with E-state index in [1.807, 2.05) is 0 Å². The van der Waals surface area contributed by atoms with E-state index in [1.54, 1.807) is 0 Å². The van der Waals surface area contributed by atoms with E-state index in [-0.39, 0.29) is 6.71 Å². The van der Waals surface area contributed by atoms with Gasteiger partial charge in [-0.25, -0.2) is 0 Å². The summed E-state index contributed by atoms with van der Waals surface area (Å²) < 4.78 is 18.3. The molecule has 2 aromatic heterocycles. The van der Waals surface area contributed by atoms with E-state index < -0.39 is 0 Å². The van der Waals surface area contributed by atoms with Crippen molar-refractivity contribution in [2.45, 2.75) is 0 Å². The summed E-state index contributed by atoms with van der Waals surface area (Å²) in [7, 11) is 0. The first-order chi connectivity index (χ1) is 25.3. The normalized spacial score (nSPS) is 12.6. The van der Waals surface area contributed by atoms with Gasteiger partial charge in [0.05, 0.1) is 11.0 Å². The Balaban J connectivity index is 1.11. The van der Waals surface area contributed by atoms with Crippen LogP contribution >= 0.6 is 0 Å². The average Bonchev–Trinajstić information content (AvgIpc) is 3.83. The van der Waals surface area contributed by atoms with Crippen LogP contribution in [0.2, 0.25) is 0 Å². The molecule has 0 spiro atoms. The van der Waals surface area contributed by atoms with Crippen LogP contribution in [-0.2, 0) is 0 Å². The lowest BCUT2D eigenvalue weighted by molar-refractivity contribution is 0.467. The van der Waals surface area contributed by atoms with Gasteiger partial charge in [-0.3, -0.25) is 0 Å². The number of ether oxygens (including phenoxy) is 2. The molecule has 11 rings (SSSR count). The van der Waals surface area contributed by atoms with E-state index in [9.17, 15) is 0 Å². The molecule has 9 aromatic rings. The first kappa shape index (κ1) is 28.2. The number of hydrogen-bond donors (Lipinski definition) is 0. The second-order valence-corrected chi connectivity index (χ2v) is 13.3. The number of benzene rings is 7. The summed E-state index contributed by atoms with van der Waals surface area (Å²) >= 11 is 0. The zero-order valence-electron chi connectivity index (χ0n) is 27.5. The second-order valence-electron chi connectivity index (χ2n) is 13.3. The largest absolute Gasteiger partial charge is 0.458 e. The van der Waals surface area contributed by atoms with E-state index in [0.29, 0.717) is 0 Å². The molecule has 4 nitrogen and oxygen atoms in total. The van der Waals surface area contributed by atoms with Gasteiger partial charge in [0.1, 0.15) is 23.0 Å². The Bertz CT molecular complexity index is 2620. The van der Waals surface area contributed by atoms with Crippen LogP contribution in [0, 0.1) is 0 Å². The van der Waals surface area contributed by atoms with Crippen LogP contribution in [0.15, 0.2) is 176 Å². The van der Waals surface area contributed by atoms with Crippen LogP contribution in [0.3, 0.4) is 0 Å². The van der Waals surface area contributed by atoms with Gasteiger partial charge in [-0.05, 0) is 99.6 Å². The SMILES string of the molecule is c1ccc2c(c1)Oc1c(-c3ccc(-n4ccc5ccccc54)cc3)cc(-c3ccc(-n4ccc5ccccc54)cc3)c3c1B2c1ccccc1O3. The molecule has 5 heteroatoms. The summed E-state index contributed by atoms with van der Waals surface area (Å²) in [5, 5.41) is 2.44. The third-order valence-electron chi connectivity index (χ3n) is 10.6. The predicted octanol–water partition coefficient (Wildman–Crippen LogP) is 9.64. The van der Waals surface area contributed by atoms with E-state index in [1.165, 1.54) is 21.8 Å². The number of nitrogens with zero attached hydrogens (tertiary/aromatic N) is 2. The molecule has 51 heavy (non-hydrogen) atoms. The molecule has 0 unspecified atom stereocenters. The second kappa shape index (κ2) is 10.9. The smallest absolute Gasteiger partial charge is 0.260 e. The maximum absolute atomic E-state index is 6.90. The van der Waals surface area contributed by atoms with Crippen molar-refractivity contribution in [1.29, 1.82) is 0 Å². The fraction of sp³-hybridized carbons (Fsp3) is 0. The van der Waals surface area contributed by atoms with Gasteiger partial charge in [-0.1, -0.05) is 97.1 Å². The molecule has 0 fully saturated rings. The summed E-state index contributed by atoms with van der Waals surface area (Å²) in [5.74, 6) is 3.46. The zero-order valence-corrected chi connectivity index (χ0v) is 27.5. The lowest BCUT2D eigenvalue weighted by Crippen LogP contribution is -2.57. The highest BCUT2D eigenvalue weighted by Crippen LogP contribution is 2.46. The molecule has 0 saturated heterocycles. The predicted molar refractivity (Wildman–Crippen MR) is 209 cm³/mol. The van der Waals surface area contributed by atoms with Crippen LogP contribution in [0.25, 0.3) is 55.4 Å². The summed E-state index contributed by atoms with van der Waals surface area (Å²) in [4.78, 5) is 0. The number of rotatable bonds is 4. The molecule has 0 N–H and O–H groups in total. The molecule has 0 saturated carbocycles. The van der Waals surface area contributed by atoms with Crippen molar-refractivity contribution in [3.05, 3.63) is 176 Å². The molecular weight excluding hydrogens is 623 g/mol. The Morgan fingerprint density at radius 1 is 0.412 bits per heavy atom. The standard InChI is InChI=1S/C46H29BN2O2/c1-5-13-40-32(9-1)25-27-48(40)34-21-17-30(18-22-34)36-29-37(31-19-23-35(24-20-31)49-28-26-33-10-2-6-14-41(33)49)46-44-45(36)50-42-15-7-3-11-38(42)47(44)39-12-4-8-16-43(39)51-46/h1-29H.